The molecule has 0 radical (unpaired) electrons. The van der Waals surface area contributed by atoms with Crippen molar-refractivity contribution in [2.75, 3.05) is 6.54 Å². The number of nitrogens with zero attached hydrogens (tertiary/aromatic N) is 1. The van der Waals surface area contributed by atoms with Gasteiger partial charge in [0.25, 0.3) is 0 Å². The Hall–Kier alpha value is -0.870. The van der Waals surface area contributed by atoms with Crippen molar-refractivity contribution in [2.24, 2.45) is 11.8 Å². The van der Waals surface area contributed by atoms with Crippen molar-refractivity contribution in [3.8, 4) is 0 Å². The van der Waals surface area contributed by atoms with Crippen LogP contribution in [0.5, 0.6) is 0 Å². The maximum absolute atomic E-state index is 12.3. The topological polar surface area (TPSA) is 32.3 Å². The number of amides is 1. The minimum absolute atomic E-state index is 0.136. The SMILES string of the molecule is Cc1ccc(C2NCC(=O)N2C(C2CC2)C2CC2)s1. The number of hydrogen-bond acceptors (Lipinski definition) is 3. The first-order chi connectivity index (χ1) is 9.24. The van der Waals surface area contributed by atoms with Crippen LogP contribution in [0.25, 0.3) is 0 Å². The van der Waals surface area contributed by atoms with Crippen LogP contribution >= 0.6 is 11.3 Å². The number of hydrogen-bond donors (Lipinski definition) is 1. The van der Waals surface area contributed by atoms with Gasteiger partial charge in [0, 0.05) is 15.8 Å². The highest BCUT2D eigenvalue weighted by atomic mass is 32.1. The van der Waals surface area contributed by atoms with E-state index in [0.29, 0.717) is 18.5 Å². The second-order valence-electron chi connectivity index (χ2n) is 6.20. The molecule has 3 fully saturated rings. The van der Waals surface area contributed by atoms with E-state index in [1.54, 1.807) is 0 Å². The smallest absolute Gasteiger partial charge is 0.238 e. The first-order valence-corrected chi connectivity index (χ1v) is 8.16. The van der Waals surface area contributed by atoms with Gasteiger partial charge in [-0.15, -0.1) is 11.3 Å². The lowest BCUT2D eigenvalue weighted by Gasteiger charge is -2.33. The van der Waals surface area contributed by atoms with E-state index < -0.39 is 0 Å². The quantitative estimate of drug-likeness (QED) is 0.917. The molecule has 3 aliphatic rings. The van der Waals surface area contributed by atoms with Gasteiger partial charge in [0.1, 0.15) is 6.17 Å². The molecule has 102 valence electrons. The maximum Gasteiger partial charge on any atom is 0.238 e. The summed E-state index contributed by atoms with van der Waals surface area (Å²) < 4.78 is 0. The monoisotopic (exact) mass is 276 g/mol. The van der Waals surface area contributed by atoms with Crippen molar-refractivity contribution < 1.29 is 4.79 Å². The second-order valence-corrected chi connectivity index (χ2v) is 7.52. The fourth-order valence-corrected chi connectivity index (χ4v) is 4.36. The van der Waals surface area contributed by atoms with Crippen LogP contribution in [-0.4, -0.2) is 23.4 Å². The van der Waals surface area contributed by atoms with Gasteiger partial charge >= 0.3 is 0 Å². The average Bonchev–Trinajstić information content (AvgIpc) is 3.29. The summed E-state index contributed by atoms with van der Waals surface area (Å²) in [7, 11) is 0. The molecule has 2 aliphatic carbocycles. The highest BCUT2D eigenvalue weighted by Crippen LogP contribution is 2.49. The van der Waals surface area contributed by atoms with Crippen LogP contribution in [-0.2, 0) is 4.79 Å². The summed E-state index contributed by atoms with van der Waals surface area (Å²) in [5.41, 5.74) is 0. The zero-order valence-corrected chi connectivity index (χ0v) is 12.1. The van der Waals surface area contributed by atoms with Gasteiger partial charge in [-0.3, -0.25) is 10.1 Å². The molecular weight excluding hydrogens is 256 g/mol. The Balaban J connectivity index is 1.64. The van der Waals surface area contributed by atoms with E-state index in [-0.39, 0.29) is 6.17 Å². The third-order valence-corrected chi connectivity index (χ3v) is 5.63. The molecule has 1 unspecified atom stereocenters. The predicted octanol–water partition coefficient (Wildman–Crippen LogP) is 2.68. The Labute approximate surface area is 118 Å². The van der Waals surface area contributed by atoms with Crippen LogP contribution in [0.3, 0.4) is 0 Å². The standard InChI is InChI=1S/C15H20N2OS/c1-9-2-7-12(19-9)15-16-8-13(18)17(15)14(10-3-4-10)11-5-6-11/h2,7,10-11,14-16H,3-6,8H2,1H3. The van der Waals surface area contributed by atoms with Crippen LogP contribution in [0.4, 0.5) is 0 Å². The molecule has 1 amide bonds. The Morgan fingerprint density at radius 3 is 2.47 bits per heavy atom. The third kappa shape index (κ3) is 2.11. The first-order valence-electron chi connectivity index (χ1n) is 7.35. The number of carbonyl (C=O) groups is 1. The van der Waals surface area contributed by atoms with Crippen LogP contribution in [0.1, 0.15) is 41.6 Å². The lowest BCUT2D eigenvalue weighted by Crippen LogP contribution is -2.42. The molecule has 1 aromatic rings. The van der Waals surface area contributed by atoms with E-state index in [4.69, 9.17) is 0 Å². The molecule has 1 N–H and O–H groups in total. The summed E-state index contributed by atoms with van der Waals surface area (Å²) >= 11 is 1.82. The third-order valence-electron chi connectivity index (χ3n) is 4.57. The number of nitrogens with one attached hydrogen (secondary N) is 1. The van der Waals surface area contributed by atoms with Crippen LogP contribution in [0, 0.1) is 18.8 Å². The van der Waals surface area contributed by atoms with E-state index in [2.05, 4.69) is 29.3 Å². The summed E-state index contributed by atoms with van der Waals surface area (Å²) in [6.07, 6.45) is 5.42. The van der Waals surface area contributed by atoms with E-state index in [0.717, 1.165) is 11.8 Å². The largest absolute Gasteiger partial charge is 0.317 e. The number of rotatable bonds is 4. The van der Waals surface area contributed by atoms with E-state index in [9.17, 15) is 4.79 Å². The van der Waals surface area contributed by atoms with Gasteiger partial charge in [-0.05, 0) is 56.6 Å². The Bertz CT molecular complexity index is 492. The van der Waals surface area contributed by atoms with Crippen molar-refractivity contribution in [1.29, 1.82) is 0 Å². The highest BCUT2D eigenvalue weighted by molar-refractivity contribution is 7.12. The van der Waals surface area contributed by atoms with E-state index in [1.807, 2.05) is 11.3 Å². The molecule has 2 saturated carbocycles. The normalized spacial score (nSPS) is 27.6. The van der Waals surface area contributed by atoms with Crippen molar-refractivity contribution in [2.45, 2.75) is 44.8 Å². The van der Waals surface area contributed by atoms with Gasteiger partial charge in [-0.1, -0.05) is 0 Å². The Kier molecular flexibility index (Phi) is 2.71. The lowest BCUT2D eigenvalue weighted by molar-refractivity contribution is -0.131. The molecule has 4 rings (SSSR count). The summed E-state index contributed by atoms with van der Waals surface area (Å²) in [5.74, 6) is 1.86. The van der Waals surface area contributed by atoms with Gasteiger partial charge in [0.05, 0.1) is 6.54 Å². The van der Waals surface area contributed by atoms with Crippen LogP contribution in [0.15, 0.2) is 12.1 Å². The summed E-state index contributed by atoms with van der Waals surface area (Å²) in [5, 5.41) is 3.42. The van der Waals surface area contributed by atoms with Gasteiger partial charge in [-0.25, -0.2) is 0 Å². The van der Waals surface area contributed by atoms with Crippen molar-refractivity contribution >= 4 is 17.2 Å². The van der Waals surface area contributed by atoms with Gasteiger partial charge in [0.15, 0.2) is 0 Å². The molecule has 1 atom stereocenters. The molecule has 1 aromatic heterocycles. The molecule has 0 aromatic carbocycles. The lowest BCUT2D eigenvalue weighted by atomic mass is 10.0. The number of carbonyl (C=O) groups excluding carboxylic acids is 1. The Morgan fingerprint density at radius 1 is 1.26 bits per heavy atom. The fraction of sp³-hybridized carbons (Fsp3) is 0.667. The fourth-order valence-electron chi connectivity index (χ4n) is 3.41. The maximum atomic E-state index is 12.3. The average molecular weight is 276 g/mol. The molecule has 3 nitrogen and oxygen atoms in total. The van der Waals surface area contributed by atoms with E-state index >= 15 is 0 Å². The minimum atomic E-state index is 0.136. The van der Waals surface area contributed by atoms with Crippen LogP contribution < -0.4 is 5.32 Å². The Morgan fingerprint density at radius 2 is 1.95 bits per heavy atom. The number of thiophene rings is 1. The zero-order chi connectivity index (χ0) is 13.0. The second kappa shape index (κ2) is 4.32. The summed E-state index contributed by atoms with van der Waals surface area (Å²) in [4.78, 5) is 17.2. The molecule has 1 aliphatic heterocycles. The predicted molar refractivity (Wildman–Crippen MR) is 75.9 cm³/mol. The van der Waals surface area contributed by atoms with Gasteiger partial charge < -0.3 is 4.90 Å². The zero-order valence-electron chi connectivity index (χ0n) is 11.3. The van der Waals surface area contributed by atoms with Gasteiger partial charge in [0.2, 0.25) is 5.91 Å². The molecule has 0 spiro atoms. The summed E-state index contributed by atoms with van der Waals surface area (Å²) in [6.45, 7) is 2.64. The highest BCUT2D eigenvalue weighted by Gasteiger charge is 2.50. The molecule has 4 heteroatoms. The molecule has 0 bridgehead atoms. The van der Waals surface area contributed by atoms with Crippen molar-refractivity contribution in [1.82, 2.24) is 10.2 Å². The van der Waals surface area contributed by atoms with E-state index in [1.165, 1.54) is 35.4 Å². The van der Waals surface area contributed by atoms with Crippen molar-refractivity contribution in [3.63, 3.8) is 0 Å². The minimum Gasteiger partial charge on any atom is -0.317 e. The van der Waals surface area contributed by atoms with Crippen molar-refractivity contribution in [3.05, 3.63) is 21.9 Å². The molecular formula is C15H20N2OS. The number of aryl methyl sites for hydroxylation is 1. The molecule has 2 heterocycles. The van der Waals surface area contributed by atoms with Crippen LogP contribution in [0.2, 0.25) is 0 Å². The molecule has 19 heavy (non-hydrogen) atoms. The first kappa shape index (κ1) is 11.9. The molecule has 1 saturated heterocycles. The van der Waals surface area contributed by atoms with Gasteiger partial charge in [-0.2, -0.15) is 0 Å². The summed E-state index contributed by atoms with van der Waals surface area (Å²) in [6, 6.07) is 4.85.